The molecule has 1 heterocycles. The number of hydrogen-bond acceptors (Lipinski definition) is 5. The topological polar surface area (TPSA) is 143 Å². The molecule has 0 fully saturated rings. The molecule has 9 heteroatoms. The Bertz CT molecular complexity index is 950. The first-order valence-electron chi connectivity index (χ1n) is 7.57. The van der Waals surface area contributed by atoms with E-state index in [0.717, 1.165) is 11.8 Å². The van der Waals surface area contributed by atoms with Gasteiger partial charge in [-0.2, -0.15) is 0 Å². The second-order valence-electron chi connectivity index (χ2n) is 5.39. The highest BCUT2D eigenvalue weighted by Crippen LogP contribution is 2.09. The molecule has 9 nitrogen and oxygen atoms in total. The molecule has 0 saturated heterocycles. The van der Waals surface area contributed by atoms with Crippen molar-refractivity contribution in [1.82, 2.24) is 15.0 Å². The lowest BCUT2D eigenvalue weighted by Crippen LogP contribution is -2.02. The molecule has 0 aliphatic rings. The molecule has 3 N–H and O–H groups in total. The predicted molar refractivity (Wildman–Crippen MR) is 93.4 cm³/mol. The molecule has 0 amide bonds. The minimum absolute atomic E-state index is 0.00241. The molecule has 0 unspecified atom stereocenters. The van der Waals surface area contributed by atoms with Crippen molar-refractivity contribution >= 4 is 17.9 Å². The molecule has 0 aliphatic heterocycles. The van der Waals surface area contributed by atoms with Crippen LogP contribution in [0.2, 0.25) is 0 Å². The normalized spacial score (nSPS) is 9.81. The first-order chi connectivity index (χ1) is 12.8. The number of nitrogens with zero attached hydrogens (tertiary/aromatic N) is 3. The van der Waals surface area contributed by atoms with E-state index >= 15 is 0 Å². The standard InChI is InChI=1S/C9H7N3O2.C9H8O4/c13-9(14)8-6-12(11-10-8)7-4-2-1-3-5-7;1-5-2-6(8(10)11)4-7(3-5)9(12)13/h1-6H,(H,13,14);2-4H,1H3,(H,10,11)(H,12,13). The van der Waals surface area contributed by atoms with Gasteiger partial charge in [-0.25, -0.2) is 19.1 Å². The van der Waals surface area contributed by atoms with E-state index in [2.05, 4.69) is 10.3 Å². The minimum Gasteiger partial charge on any atom is -0.478 e. The number of rotatable bonds is 4. The van der Waals surface area contributed by atoms with Gasteiger partial charge in [0.1, 0.15) is 0 Å². The van der Waals surface area contributed by atoms with E-state index in [4.69, 9.17) is 15.3 Å². The predicted octanol–water partition coefficient (Wildman–Crippen LogP) is 2.36. The van der Waals surface area contributed by atoms with Crippen molar-refractivity contribution in [2.75, 3.05) is 0 Å². The maximum absolute atomic E-state index is 10.5. The molecule has 0 spiro atoms. The number of hydrogen-bond donors (Lipinski definition) is 3. The Morgan fingerprint density at radius 2 is 1.41 bits per heavy atom. The van der Waals surface area contributed by atoms with Gasteiger partial charge in [-0.3, -0.25) is 0 Å². The highest BCUT2D eigenvalue weighted by molar-refractivity contribution is 5.94. The maximum atomic E-state index is 10.5. The van der Waals surface area contributed by atoms with E-state index in [9.17, 15) is 14.4 Å². The molecule has 3 aromatic rings. The molecular formula is C18H15N3O6. The van der Waals surface area contributed by atoms with Crippen molar-refractivity contribution in [2.24, 2.45) is 0 Å². The zero-order chi connectivity index (χ0) is 20.0. The van der Waals surface area contributed by atoms with E-state index in [1.54, 1.807) is 6.92 Å². The smallest absolute Gasteiger partial charge is 0.358 e. The van der Waals surface area contributed by atoms with Crippen LogP contribution in [0.4, 0.5) is 0 Å². The Labute approximate surface area is 153 Å². The summed E-state index contributed by atoms with van der Waals surface area (Å²) < 4.78 is 1.42. The molecule has 0 saturated carbocycles. The third-order valence-corrected chi connectivity index (χ3v) is 3.30. The van der Waals surface area contributed by atoms with E-state index in [-0.39, 0.29) is 16.8 Å². The number of para-hydroxylation sites is 1. The summed E-state index contributed by atoms with van der Waals surface area (Å²) >= 11 is 0. The Balaban J connectivity index is 0.000000194. The minimum atomic E-state index is -1.12. The van der Waals surface area contributed by atoms with Gasteiger partial charge in [-0.05, 0) is 42.8 Å². The molecule has 1 aromatic heterocycles. The fraction of sp³-hybridized carbons (Fsp3) is 0.0556. The Hall–Kier alpha value is -4.01. The fourth-order valence-corrected chi connectivity index (χ4v) is 2.10. The molecule has 27 heavy (non-hydrogen) atoms. The van der Waals surface area contributed by atoms with Gasteiger partial charge < -0.3 is 15.3 Å². The number of aromatic carboxylic acids is 3. The van der Waals surface area contributed by atoms with E-state index in [1.165, 1.54) is 23.0 Å². The summed E-state index contributed by atoms with van der Waals surface area (Å²) in [6.07, 6.45) is 1.37. The second-order valence-corrected chi connectivity index (χ2v) is 5.39. The van der Waals surface area contributed by atoms with Gasteiger partial charge in [0, 0.05) is 0 Å². The monoisotopic (exact) mass is 369 g/mol. The largest absolute Gasteiger partial charge is 0.478 e. The summed E-state index contributed by atoms with van der Waals surface area (Å²) in [5.41, 5.74) is 1.34. The van der Waals surface area contributed by atoms with Crippen LogP contribution in [0, 0.1) is 6.92 Å². The number of carboxylic acids is 3. The summed E-state index contributed by atoms with van der Waals surface area (Å²) in [7, 11) is 0. The zero-order valence-electron chi connectivity index (χ0n) is 14.1. The van der Waals surface area contributed by atoms with Gasteiger partial charge >= 0.3 is 17.9 Å². The van der Waals surface area contributed by atoms with Crippen molar-refractivity contribution in [1.29, 1.82) is 0 Å². The van der Waals surface area contributed by atoms with Gasteiger partial charge in [0.25, 0.3) is 0 Å². The molecule has 0 radical (unpaired) electrons. The van der Waals surface area contributed by atoms with Crippen molar-refractivity contribution in [3.05, 3.63) is 77.1 Å². The van der Waals surface area contributed by atoms with Gasteiger partial charge in [0.15, 0.2) is 5.69 Å². The summed E-state index contributed by atoms with van der Waals surface area (Å²) in [5.74, 6) is -3.32. The van der Waals surface area contributed by atoms with E-state index < -0.39 is 17.9 Å². The van der Waals surface area contributed by atoms with Crippen LogP contribution in [0.25, 0.3) is 5.69 Å². The second kappa shape index (κ2) is 8.39. The van der Waals surface area contributed by atoms with Gasteiger partial charge in [0.05, 0.1) is 23.0 Å². The quantitative estimate of drug-likeness (QED) is 0.636. The third-order valence-electron chi connectivity index (χ3n) is 3.30. The van der Waals surface area contributed by atoms with E-state index in [1.807, 2.05) is 30.3 Å². The Morgan fingerprint density at radius 3 is 1.85 bits per heavy atom. The van der Waals surface area contributed by atoms with Crippen molar-refractivity contribution in [3.63, 3.8) is 0 Å². The van der Waals surface area contributed by atoms with Crippen LogP contribution in [0.1, 0.15) is 36.8 Å². The van der Waals surface area contributed by atoms with Crippen LogP contribution < -0.4 is 0 Å². The highest BCUT2D eigenvalue weighted by Gasteiger charge is 2.09. The lowest BCUT2D eigenvalue weighted by molar-refractivity contribution is 0.0678. The fourth-order valence-electron chi connectivity index (χ4n) is 2.10. The SMILES string of the molecule is Cc1cc(C(=O)O)cc(C(=O)O)c1.O=C(O)c1cn(-c2ccccc2)nn1. The molecule has 0 bridgehead atoms. The average Bonchev–Trinajstić information content (AvgIpc) is 3.13. The van der Waals surface area contributed by atoms with Crippen LogP contribution in [-0.2, 0) is 0 Å². The summed E-state index contributed by atoms with van der Waals surface area (Å²) in [6.45, 7) is 1.65. The first kappa shape index (κ1) is 19.3. The molecule has 2 aromatic carbocycles. The molecule has 3 rings (SSSR count). The van der Waals surface area contributed by atoms with Gasteiger partial charge in [-0.1, -0.05) is 23.4 Å². The Morgan fingerprint density at radius 1 is 0.852 bits per heavy atom. The zero-order valence-corrected chi connectivity index (χ0v) is 14.1. The number of aromatic nitrogens is 3. The van der Waals surface area contributed by atoms with Gasteiger partial charge in [0.2, 0.25) is 0 Å². The van der Waals surface area contributed by atoms with E-state index in [0.29, 0.717) is 5.56 Å². The Kier molecular flexibility index (Phi) is 6.00. The maximum Gasteiger partial charge on any atom is 0.358 e. The van der Waals surface area contributed by atoms with Crippen molar-refractivity contribution < 1.29 is 29.7 Å². The third kappa shape index (κ3) is 5.23. The number of benzene rings is 2. The number of aryl methyl sites for hydroxylation is 1. The summed E-state index contributed by atoms with van der Waals surface area (Å²) in [4.78, 5) is 31.6. The molecule has 138 valence electrons. The van der Waals surface area contributed by atoms with Crippen LogP contribution in [0.5, 0.6) is 0 Å². The highest BCUT2D eigenvalue weighted by atomic mass is 16.4. The van der Waals surface area contributed by atoms with Crippen molar-refractivity contribution in [3.8, 4) is 5.69 Å². The lowest BCUT2D eigenvalue weighted by atomic mass is 10.1. The summed E-state index contributed by atoms with van der Waals surface area (Å²) in [6, 6.07) is 13.2. The van der Waals surface area contributed by atoms with Crippen molar-refractivity contribution in [2.45, 2.75) is 6.92 Å². The average molecular weight is 369 g/mol. The first-order valence-corrected chi connectivity index (χ1v) is 7.57. The van der Waals surface area contributed by atoms with Gasteiger partial charge in [-0.15, -0.1) is 5.10 Å². The molecular weight excluding hydrogens is 354 g/mol. The molecule has 0 atom stereocenters. The van der Waals surface area contributed by atoms with Crippen LogP contribution in [-0.4, -0.2) is 48.2 Å². The summed E-state index contributed by atoms with van der Waals surface area (Å²) in [5, 5.41) is 33.1. The van der Waals surface area contributed by atoms with Crippen LogP contribution in [0.3, 0.4) is 0 Å². The molecule has 0 aliphatic carbocycles. The number of carboxylic acid groups (broad SMARTS) is 3. The lowest BCUT2D eigenvalue weighted by Gasteiger charge is -1.99. The van der Waals surface area contributed by atoms with Crippen LogP contribution >= 0.6 is 0 Å². The number of carbonyl (C=O) groups is 3. The van der Waals surface area contributed by atoms with Crippen LogP contribution in [0.15, 0.2) is 54.7 Å².